The van der Waals surface area contributed by atoms with E-state index in [-0.39, 0.29) is 23.3 Å². The van der Waals surface area contributed by atoms with E-state index in [1.54, 1.807) is 19.1 Å². The summed E-state index contributed by atoms with van der Waals surface area (Å²) in [5.41, 5.74) is 0.805. The van der Waals surface area contributed by atoms with Crippen LogP contribution in [-0.4, -0.2) is 30.7 Å². The van der Waals surface area contributed by atoms with Crippen LogP contribution < -0.4 is 4.74 Å². The monoisotopic (exact) mass is 291 g/mol. The Labute approximate surface area is 122 Å². The molecule has 0 radical (unpaired) electrons. The molecule has 0 N–H and O–H groups in total. The van der Waals surface area contributed by atoms with Gasteiger partial charge in [-0.1, -0.05) is 24.3 Å². The molecule has 0 amide bonds. The van der Waals surface area contributed by atoms with Gasteiger partial charge >= 0.3 is 5.97 Å². The van der Waals surface area contributed by atoms with Crippen molar-refractivity contribution < 1.29 is 19.2 Å². The lowest BCUT2D eigenvalue weighted by molar-refractivity contribution is -0.484. The first-order valence-electron chi connectivity index (χ1n) is 6.80. The first-order chi connectivity index (χ1) is 10.1. The predicted molar refractivity (Wildman–Crippen MR) is 75.8 cm³/mol. The second-order valence-electron chi connectivity index (χ2n) is 4.75. The van der Waals surface area contributed by atoms with Gasteiger partial charge in [0.25, 0.3) is 0 Å². The van der Waals surface area contributed by atoms with Gasteiger partial charge in [-0.15, -0.1) is 0 Å². The van der Waals surface area contributed by atoms with Crippen molar-refractivity contribution in [3.8, 4) is 5.75 Å². The third kappa shape index (κ3) is 3.81. The number of esters is 1. The van der Waals surface area contributed by atoms with Gasteiger partial charge in [0, 0.05) is 22.5 Å². The quantitative estimate of drug-likeness (QED) is 0.359. The molecule has 1 heterocycles. The molecule has 2 atom stereocenters. The summed E-state index contributed by atoms with van der Waals surface area (Å²) in [4.78, 5) is 22.0. The number of nitrogens with zero attached hydrogens (tertiary/aromatic N) is 1. The lowest BCUT2D eigenvalue weighted by atomic mass is 9.84. The summed E-state index contributed by atoms with van der Waals surface area (Å²) in [5, 5.41) is 10.9. The number of rotatable bonds is 5. The number of hydrogen-bond donors (Lipinski definition) is 0. The SMILES string of the molecule is CCOC(=O)/C=C/[C@@H]1COc2ccccc2[C@H]1C[N+](=O)[O-]. The van der Waals surface area contributed by atoms with Gasteiger partial charge in [0.2, 0.25) is 6.54 Å². The Morgan fingerprint density at radius 1 is 1.52 bits per heavy atom. The number of para-hydroxylation sites is 1. The number of carbonyl (C=O) groups is 1. The van der Waals surface area contributed by atoms with Crippen molar-refractivity contribution in [1.29, 1.82) is 0 Å². The number of ether oxygens (including phenoxy) is 2. The van der Waals surface area contributed by atoms with Crippen LogP contribution in [0.5, 0.6) is 5.75 Å². The van der Waals surface area contributed by atoms with E-state index in [4.69, 9.17) is 9.47 Å². The molecule has 1 aliphatic rings. The van der Waals surface area contributed by atoms with Gasteiger partial charge < -0.3 is 9.47 Å². The van der Waals surface area contributed by atoms with E-state index in [9.17, 15) is 14.9 Å². The molecule has 21 heavy (non-hydrogen) atoms. The van der Waals surface area contributed by atoms with Crippen LogP contribution in [0, 0.1) is 16.0 Å². The topological polar surface area (TPSA) is 78.7 Å². The molecule has 1 aromatic carbocycles. The predicted octanol–water partition coefficient (Wildman–Crippen LogP) is 2.17. The van der Waals surface area contributed by atoms with Gasteiger partial charge in [-0.3, -0.25) is 10.1 Å². The second-order valence-corrected chi connectivity index (χ2v) is 4.75. The number of benzene rings is 1. The second kappa shape index (κ2) is 6.88. The van der Waals surface area contributed by atoms with Gasteiger partial charge in [0.15, 0.2) is 0 Å². The molecule has 0 saturated carbocycles. The molecule has 0 saturated heterocycles. The lowest BCUT2D eigenvalue weighted by Gasteiger charge is -2.29. The van der Waals surface area contributed by atoms with E-state index in [0.29, 0.717) is 19.0 Å². The van der Waals surface area contributed by atoms with Crippen molar-refractivity contribution in [3.05, 3.63) is 52.1 Å². The zero-order valence-electron chi connectivity index (χ0n) is 11.7. The molecule has 112 valence electrons. The number of fused-ring (bicyclic) bond motifs is 1. The molecular weight excluding hydrogens is 274 g/mol. The fourth-order valence-corrected chi connectivity index (χ4v) is 2.43. The lowest BCUT2D eigenvalue weighted by Crippen LogP contribution is -2.29. The third-order valence-corrected chi connectivity index (χ3v) is 3.38. The van der Waals surface area contributed by atoms with Crippen LogP contribution >= 0.6 is 0 Å². The van der Waals surface area contributed by atoms with Crippen molar-refractivity contribution in [3.63, 3.8) is 0 Å². The zero-order valence-corrected chi connectivity index (χ0v) is 11.7. The van der Waals surface area contributed by atoms with Crippen molar-refractivity contribution in [1.82, 2.24) is 0 Å². The molecule has 0 aromatic heterocycles. The summed E-state index contributed by atoms with van der Waals surface area (Å²) in [7, 11) is 0. The maximum atomic E-state index is 11.4. The fraction of sp³-hybridized carbons (Fsp3) is 0.400. The number of carbonyl (C=O) groups excluding carboxylic acids is 1. The minimum absolute atomic E-state index is 0.196. The molecule has 0 aliphatic carbocycles. The van der Waals surface area contributed by atoms with Crippen LogP contribution in [0.15, 0.2) is 36.4 Å². The highest BCUT2D eigenvalue weighted by atomic mass is 16.6. The Morgan fingerprint density at radius 3 is 3.00 bits per heavy atom. The van der Waals surface area contributed by atoms with E-state index in [1.807, 2.05) is 18.2 Å². The number of nitro groups is 1. The summed E-state index contributed by atoms with van der Waals surface area (Å²) in [6.45, 7) is 2.14. The molecule has 0 bridgehead atoms. The van der Waals surface area contributed by atoms with Crippen molar-refractivity contribution >= 4 is 5.97 Å². The highest BCUT2D eigenvalue weighted by Crippen LogP contribution is 2.37. The van der Waals surface area contributed by atoms with Gasteiger partial charge in [0.1, 0.15) is 5.75 Å². The van der Waals surface area contributed by atoms with Gasteiger partial charge in [0.05, 0.1) is 19.1 Å². The maximum Gasteiger partial charge on any atom is 0.330 e. The molecule has 6 nitrogen and oxygen atoms in total. The van der Waals surface area contributed by atoms with E-state index in [1.165, 1.54) is 6.08 Å². The largest absolute Gasteiger partial charge is 0.493 e. The summed E-state index contributed by atoms with van der Waals surface area (Å²) < 4.78 is 10.4. The van der Waals surface area contributed by atoms with E-state index < -0.39 is 5.97 Å². The highest BCUT2D eigenvalue weighted by molar-refractivity contribution is 5.81. The molecule has 6 heteroatoms. The molecule has 1 aliphatic heterocycles. The van der Waals surface area contributed by atoms with Crippen LogP contribution in [-0.2, 0) is 9.53 Å². The van der Waals surface area contributed by atoms with Crippen molar-refractivity contribution in [2.45, 2.75) is 12.8 Å². The zero-order chi connectivity index (χ0) is 15.2. The molecule has 0 fully saturated rings. The summed E-state index contributed by atoms with van der Waals surface area (Å²) in [6.07, 6.45) is 2.96. The molecule has 0 spiro atoms. The van der Waals surface area contributed by atoms with Crippen LogP contribution in [0.25, 0.3) is 0 Å². The average Bonchev–Trinajstić information content (AvgIpc) is 2.46. The Kier molecular flexibility index (Phi) is 4.92. The fourth-order valence-electron chi connectivity index (χ4n) is 2.43. The highest BCUT2D eigenvalue weighted by Gasteiger charge is 2.33. The Balaban J connectivity index is 2.21. The van der Waals surface area contributed by atoms with Crippen LogP contribution in [0.3, 0.4) is 0 Å². The standard InChI is InChI=1S/C15H17NO5/c1-2-20-15(17)8-7-11-10-21-14-6-4-3-5-12(14)13(11)9-16(18)19/h3-8,11,13H,2,9-10H2,1H3/b8-7+/t11-,13+/m1/s1. The minimum Gasteiger partial charge on any atom is -0.493 e. The first kappa shape index (κ1) is 15.0. The Morgan fingerprint density at radius 2 is 2.29 bits per heavy atom. The van der Waals surface area contributed by atoms with E-state index >= 15 is 0 Å². The van der Waals surface area contributed by atoms with Crippen LogP contribution in [0.2, 0.25) is 0 Å². The van der Waals surface area contributed by atoms with Crippen LogP contribution in [0.4, 0.5) is 0 Å². The van der Waals surface area contributed by atoms with Crippen molar-refractivity contribution in [2.75, 3.05) is 19.8 Å². The molecule has 0 unspecified atom stereocenters. The third-order valence-electron chi connectivity index (χ3n) is 3.38. The van der Waals surface area contributed by atoms with E-state index in [0.717, 1.165) is 5.56 Å². The van der Waals surface area contributed by atoms with Crippen LogP contribution in [0.1, 0.15) is 18.4 Å². The smallest absolute Gasteiger partial charge is 0.330 e. The number of hydrogen-bond acceptors (Lipinski definition) is 5. The van der Waals surface area contributed by atoms with Gasteiger partial charge in [-0.05, 0) is 13.0 Å². The molecule has 1 aromatic rings. The first-order valence-corrected chi connectivity index (χ1v) is 6.80. The molecular formula is C15H17NO5. The van der Waals surface area contributed by atoms with Gasteiger partial charge in [-0.25, -0.2) is 4.79 Å². The average molecular weight is 291 g/mol. The van der Waals surface area contributed by atoms with E-state index in [2.05, 4.69) is 0 Å². The Hall–Kier alpha value is -2.37. The summed E-state index contributed by atoms with van der Waals surface area (Å²) >= 11 is 0. The van der Waals surface area contributed by atoms with Crippen molar-refractivity contribution in [2.24, 2.45) is 5.92 Å². The summed E-state index contributed by atoms with van der Waals surface area (Å²) in [5.74, 6) is -0.313. The summed E-state index contributed by atoms with van der Waals surface area (Å²) in [6, 6.07) is 7.28. The maximum absolute atomic E-state index is 11.4. The van der Waals surface area contributed by atoms with Gasteiger partial charge in [-0.2, -0.15) is 0 Å². The minimum atomic E-state index is -0.448. The Bertz CT molecular complexity index is 555. The normalized spacial score (nSPS) is 20.6. The molecule has 2 rings (SSSR count).